The summed E-state index contributed by atoms with van der Waals surface area (Å²) in [4.78, 5) is 18.5. The summed E-state index contributed by atoms with van der Waals surface area (Å²) in [6.07, 6.45) is 7.07. The quantitative estimate of drug-likeness (QED) is 0.301. The standard InChI is InChI=1S/C27H27FN4O2/c1-32(27(33)20-11-13-24(14-12-20)34-25-10-6-15-29-19-25)16-4-2-3-9-23-18-26(31-30-23)21-7-5-8-22(28)17-21/h5-8,10-15,17-19H,2-4,9,16H2,1H3,(H,30,31). The van der Waals surface area contributed by atoms with E-state index in [2.05, 4.69) is 15.2 Å². The smallest absolute Gasteiger partial charge is 0.253 e. The normalized spacial score (nSPS) is 10.8. The van der Waals surface area contributed by atoms with E-state index in [4.69, 9.17) is 4.74 Å². The number of unbranched alkanes of at least 4 members (excludes halogenated alkanes) is 2. The van der Waals surface area contributed by atoms with Gasteiger partial charge in [0.25, 0.3) is 5.91 Å². The molecule has 1 N–H and O–H groups in total. The number of halogens is 1. The number of aryl methyl sites for hydroxylation is 1. The maximum atomic E-state index is 13.4. The number of rotatable bonds is 10. The lowest BCUT2D eigenvalue weighted by Gasteiger charge is -2.17. The first-order valence-corrected chi connectivity index (χ1v) is 11.3. The summed E-state index contributed by atoms with van der Waals surface area (Å²) in [5.74, 6) is 1.03. The number of H-pyrrole nitrogens is 1. The van der Waals surface area contributed by atoms with Crippen molar-refractivity contribution < 1.29 is 13.9 Å². The maximum absolute atomic E-state index is 13.4. The van der Waals surface area contributed by atoms with Crippen LogP contribution in [0.4, 0.5) is 4.39 Å². The average Bonchev–Trinajstić information content (AvgIpc) is 3.33. The Morgan fingerprint density at radius 2 is 1.85 bits per heavy atom. The van der Waals surface area contributed by atoms with Crippen LogP contribution in [0.15, 0.2) is 79.1 Å². The van der Waals surface area contributed by atoms with Gasteiger partial charge in [-0.3, -0.25) is 14.9 Å². The van der Waals surface area contributed by atoms with Crippen molar-refractivity contribution in [2.75, 3.05) is 13.6 Å². The second kappa shape index (κ2) is 11.2. The number of nitrogens with zero attached hydrogens (tertiary/aromatic N) is 3. The Hall–Kier alpha value is -4.00. The lowest BCUT2D eigenvalue weighted by atomic mass is 10.1. The molecule has 7 heteroatoms. The molecule has 2 aromatic heterocycles. The number of ether oxygens (including phenoxy) is 1. The summed E-state index contributed by atoms with van der Waals surface area (Å²) < 4.78 is 19.1. The van der Waals surface area contributed by atoms with Crippen LogP contribution in [-0.2, 0) is 6.42 Å². The Morgan fingerprint density at radius 1 is 1.00 bits per heavy atom. The van der Waals surface area contributed by atoms with Gasteiger partial charge in [-0.25, -0.2) is 4.39 Å². The van der Waals surface area contributed by atoms with E-state index in [1.807, 2.05) is 25.2 Å². The minimum Gasteiger partial charge on any atom is -0.456 e. The highest BCUT2D eigenvalue weighted by atomic mass is 19.1. The SMILES string of the molecule is CN(CCCCCc1cc(-c2cccc(F)c2)n[nH]1)C(=O)c1ccc(Oc2cccnc2)cc1. The van der Waals surface area contributed by atoms with Gasteiger partial charge in [0.15, 0.2) is 0 Å². The minimum atomic E-state index is -0.269. The molecule has 6 nitrogen and oxygen atoms in total. The van der Waals surface area contributed by atoms with Gasteiger partial charge in [-0.05, 0) is 73.9 Å². The highest BCUT2D eigenvalue weighted by Gasteiger charge is 2.12. The van der Waals surface area contributed by atoms with Crippen LogP contribution in [0.5, 0.6) is 11.5 Å². The van der Waals surface area contributed by atoms with Crippen LogP contribution in [0.25, 0.3) is 11.3 Å². The summed E-state index contributed by atoms with van der Waals surface area (Å²) >= 11 is 0. The molecule has 0 fully saturated rings. The van der Waals surface area contributed by atoms with Gasteiger partial charge in [0, 0.05) is 36.6 Å². The Kier molecular flexibility index (Phi) is 7.65. The third-order valence-electron chi connectivity index (χ3n) is 5.51. The number of carbonyl (C=O) groups excluding carboxylic acids is 1. The van der Waals surface area contributed by atoms with Crippen molar-refractivity contribution in [1.29, 1.82) is 0 Å². The van der Waals surface area contributed by atoms with Crippen molar-refractivity contribution in [2.45, 2.75) is 25.7 Å². The second-order valence-electron chi connectivity index (χ2n) is 8.14. The molecule has 2 heterocycles. The van der Waals surface area contributed by atoms with Gasteiger partial charge in [-0.15, -0.1) is 0 Å². The van der Waals surface area contributed by atoms with Crippen LogP contribution < -0.4 is 4.74 Å². The molecular formula is C27H27FN4O2. The number of amides is 1. The summed E-state index contributed by atoms with van der Waals surface area (Å²) in [6, 6.07) is 19.2. The van der Waals surface area contributed by atoms with Gasteiger partial charge >= 0.3 is 0 Å². The largest absolute Gasteiger partial charge is 0.456 e. The number of benzene rings is 2. The molecule has 0 saturated carbocycles. The van der Waals surface area contributed by atoms with E-state index >= 15 is 0 Å². The van der Waals surface area contributed by atoms with Crippen LogP contribution in [-0.4, -0.2) is 39.6 Å². The zero-order valence-electron chi connectivity index (χ0n) is 19.1. The summed E-state index contributed by atoms with van der Waals surface area (Å²) in [7, 11) is 1.82. The molecule has 0 aliphatic rings. The zero-order chi connectivity index (χ0) is 23.8. The topological polar surface area (TPSA) is 71.1 Å². The van der Waals surface area contributed by atoms with E-state index in [-0.39, 0.29) is 11.7 Å². The van der Waals surface area contributed by atoms with Gasteiger partial charge in [0.2, 0.25) is 0 Å². The summed E-state index contributed by atoms with van der Waals surface area (Å²) in [6.45, 7) is 0.685. The molecule has 0 radical (unpaired) electrons. The van der Waals surface area contributed by atoms with E-state index in [0.717, 1.165) is 42.6 Å². The van der Waals surface area contributed by atoms with Crippen molar-refractivity contribution in [2.24, 2.45) is 0 Å². The molecule has 0 spiro atoms. The second-order valence-corrected chi connectivity index (χ2v) is 8.14. The van der Waals surface area contributed by atoms with E-state index in [1.165, 1.54) is 12.1 Å². The van der Waals surface area contributed by atoms with Crippen molar-refractivity contribution in [3.8, 4) is 22.8 Å². The first-order chi connectivity index (χ1) is 16.6. The molecule has 0 saturated heterocycles. The number of hydrogen-bond acceptors (Lipinski definition) is 4. The summed E-state index contributed by atoms with van der Waals surface area (Å²) in [5, 5.41) is 7.32. The van der Waals surface area contributed by atoms with Crippen LogP contribution in [0.2, 0.25) is 0 Å². The number of carbonyl (C=O) groups is 1. The molecule has 174 valence electrons. The zero-order valence-corrected chi connectivity index (χ0v) is 19.1. The molecule has 4 rings (SSSR count). The Labute approximate surface area is 198 Å². The van der Waals surface area contributed by atoms with Crippen LogP contribution in [0.3, 0.4) is 0 Å². The molecule has 2 aromatic carbocycles. The van der Waals surface area contributed by atoms with Gasteiger partial charge < -0.3 is 9.64 Å². The number of nitrogens with one attached hydrogen (secondary N) is 1. The van der Waals surface area contributed by atoms with E-state index in [0.29, 0.717) is 23.6 Å². The highest BCUT2D eigenvalue weighted by Crippen LogP contribution is 2.21. The Morgan fingerprint density at radius 3 is 2.62 bits per heavy atom. The molecule has 0 aliphatic carbocycles. The minimum absolute atomic E-state index is 0.0127. The lowest BCUT2D eigenvalue weighted by molar-refractivity contribution is 0.0792. The third kappa shape index (κ3) is 6.28. The van der Waals surface area contributed by atoms with Gasteiger partial charge in [-0.1, -0.05) is 18.6 Å². The molecule has 34 heavy (non-hydrogen) atoms. The molecular weight excluding hydrogens is 431 g/mol. The van der Waals surface area contributed by atoms with Gasteiger partial charge in [0.05, 0.1) is 11.9 Å². The molecule has 1 amide bonds. The van der Waals surface area contributed by atoms with E-state index < -0.39 is 0 Å². The Bertz CT molecular complexity index is 1210. The molecule has 0 atom stereocenters. The van der Waals surface area contributed by atoms with Crippen LogP contribution >= 0.6 is 0 Å². The van der Waals surface area contributed by atoms with E-state index in [9.17, 15) is 9.18 Å². The fourth-order valence-electron chi connectivity index (χ4n) is 3.66. The van der Waals surface area contributed by atoms with Crippen LogP contribution in [0.1, 0.15) is 35.3 Å². The fourth-order valence-corrected chi connectivity index (χ4v) is 3.66. The van der Waals surface area contributed by atoms with Crippen molar-refractivity contribution in [1.82, 2.24) is 20.1 Å². The number of pyridine rings is 1. The molecule has 0 aliphatic heterocycles. The van der Waals surface area contributed by atoms with Crippen molar-refractivity contribution >= 4 is 5.91 Å². The lowest BCUT2D eigenvalue weighted by Crippen LogP contribution is -2.27. The predicted octanol–water partition coefficient (Wildman–Crippen LogP) is 5.89. The molecule has 4 aromatic rings. The van der Waals surface area contributed by atoms with Crippen molar-refractivity contribution in [3.05, 3.63) is 96.2 Å². The monoisotopic (exact) mass is 458 g/mol. The maximum Gasteiger partial charge on any atom is 0.253 e. The molecule has 0 unspecified atom stereocenters. The first kappa shape index (κ1) is 23.2. The summed E-state index contributed by atoms with van der Waals surface area (Å²) in [5.41, 5.74) is 3.16. The van der Waals surface area contributed by atoms with Gasteiger partial charge in [-0.2, -0.15) is 5.10 Å². The fraction of sp³-hybridized carbons (Fsp3) is 0.222. The predicted molar refractivity (Wildman–Crippen MR) is 129 cm³/mol. The number of hydrogen-bond donors (Lipinski definition) is 1. The van der Waals surface area contributed by atoms with Crippen LogP contribution in [0, 0.1) is 5.82 Å². The van der Waals surface area contributed by atoms with Gasteiger partial charge in [0.1, 0.15) is 17.3 Å². The number of aromatic amines is 1. The number of aromatic nitrogens is 3. The average molecular weight is 459 g/mol. The van der Waals surface area contributed by atoms with Crippen molar-refractivity contribution in [3.63, 3.8) is 0 Å². The molecule has 0 bridgehead atoms. The first-order valence-electron chi connectivity index (χ1n) is 11.3. The van der Waals surface area contributed by atoms with E-state index in [1.54, 1.807) is 53.7 Å². The Balaban J connectivity index is 1.18. The third-order valence-corrected chi connectivity index (χ3v) is 5.51. The highest BCUT2D eigenvalue weighted by molar-refractivity contribution is 5.94.